The minimum absolute atomic E-state index is 0.112. The van der Waals surface area contributed by atoms with Crippen molar-refractivity contribution in [1.82, 2.24) is 25.2 Å². The average molecular weight is 360 g/mol. The second-order valence-electron chi connectivity index (χ2n) is 8.48. The number of amides is 1. The summed E-state index contributed by atoms with van der Waals surface area (Å²) in [5.74, 6) is 0.926. The number of aromatic nitrogens is 3. The van der Waals surface area contributed by atoms with Gasteiger partial charge in [0.05, 0.1) is 11.7 Å². The van der Waals surface area contributed by atoms with Gasteiger partial charge in [-0.05, 0) is 58.0 Å². The number of carbonyl (C=O) groups is 1. The molecule has 6 heteroatoms. The maximum Gasteiger partial charge on any atom is 0.276 e. The molecular formula is C20H33N5O. The number of likely N-dealkylation sites (tertiary alicyclic amines) is 1. The van der Waals surface area contributed by atoms with E-state index in [9.17, 15) is 4.79 Å². The van der Waals surface area contributed by atoms with Gasteiger partial charge in [-0.25, -0.2) is 4.68 Å². The fraction of sp³-hybridized carbons (Fsp3) is 0.850. The molecule has 2 saturated heterocycles. The highest BCUT2D eigenvalue weighted by Crippen LogP contribution is 2.33. The predicted octanol–water partition coefficient (Wildman–Crippen LogP) is 3.09. The molecule has 144 valence electrons. The van der Waals surface area contributed by atoms with Crippen LogP contribution in [0.4, 0.5) is 0 Å². The van der Waals surface area contributed by atoms with Gasteiger partial charge in [-0.15, -0.1) is 5.10 Å². The Bertz CT molecular complexity index is 616. The van der Waals surface area contributed by atoms with E-state index in [4.69, 9.17) is 0 Å². The Hall–Kier alpha value is -1.43. The Labute approximate surface area is 156 Å². The molecule has 0 aromatic carbocycles. The number of carbonyl (C=O) groups excluding carboxylic acids is 1. The molecule has 6 nitrogen and oxygen atoms in total. The van der Waals surface area contributed by atoms with Crippen LogP contribution in [0.2, 0.25) is 0 Å². The van der Waals surface area contributed by atoms with Crippen molar-refractivity contribution in [2.75, 3.05) is 19.6 Å². The van der Waals surface area contributed by atoms with E-state index < -0.39 is 0 Å². The summed E-state index contributed by atoms with van der Waals surface area (Å²) < 4.78 is 2.00. The summed E-state index contributed by atoms with van der Waals surface area (Å²) in [4.78, 5) is 15.3. The average Bonchev–Trinajstić information content (AvgIpc) is 3.29. The van der Waals surface area contributed by atoms with Crippen LogP contribution in [0.1, 0.15) is 86.4 Å². The molecule has 4 rings (SSSR count). The van der Waals surface area contributed by atoms with E-state index in [0.717, 1.165) is 56.9 Å². The van der Waals surface area contributed by atoms with Crippen molar-refractivity contribution in [3.8, 4) is 0 Å². The van der Waals surface area contributed by atoms with Crippen LogP contribution in [0.5, 0.6) is 0 Å². The normalized spacial score (nSPS) is 25.7. The van der Waals surface area contributed by atoms with E-state index in [2.05, 4.69) is 20.5 Å². The Morgan fingerprint density at radius 3 is 2.62 bits per heavy atom. The molecule has 1 aliphatic carbocycles. The van der Waals surface area contributed by atoms with Crippen LogP contribution in [0.3, 0.4) is 0 Å². The zero-order valence-electron chi connectivity index (χ0n) is 16.1. The number of rotatable bonds is 4. The summed E-state index contributed by atoms with van der Waals surface area (Å²) in [7, 11) is 0. The molecule has 1 aromatic rings. The van der Waals surface area contributed by atoms with Crippen LogP contribution in [0.25, 0.3) is 0 Å². The molecule has 0 spiro atoms. The van der Waals surface area contributed by atoms with Gasteiger partial charge in [0, 0.05) is 12.6 Å². The standard InChI is InChI=1S/C20H33N5O/c1-15-19(22-23-25(15)17-9-11-21-12-10-17)20(26)24-13-5-8-18(24)14-16-6-3-2-4-7-16/h16-18,21H,2-14H2,1H3/t18-/m1/s1. The van der Waals surface area contributed by atoms with Crippen molar-refractivity contribution in [1.29, 1.82) is 0 Å². The van der Waals surface area contributed by atoms with Crippen LogP contribution in [0, 0.1) is 12.8 Å². The van der Waals surface area contributed by atoms with Crippen LogP contribution in [0.15, 0.2) is 0 Å². The Balaban J connectivity index is 1.45. The minimum Gasteiger partial charge on any atom is -0.334 e. The van der Waals surface area contributed by atoms with Crippen LogP contribution in [-0.2, 0) is 0 Å². The molecule has 3 heterocycles. The topological polar surface area (TPSA) is 63.1 Å². The maximum atomic E-state index is 13.2. The van der Waals surface area contributed by atoms with E-state index in [-0.39, 0.29) is 5.91 Å². The van der Waals surface area contributed by atoms with Crippen molar-refractivity contribution >= 4 is 5.91 Å². The lowest BCUT2D eigenvalue weighted by Gasteiger charge is -2.30. The molecule has 3 fully saturated rings. The van der Waals surface area contributed by atoms with Crippen LogP contribution >= 0.6 is 0 Å². The second kappa shape index (κ2) is 8.07. The summed E-state index contributed by atoms with van der Waals surface area (Å²) in [6, 6.07) is 0.788. The van der Waals surface area contributed by atoms with E-state index in [0.29, 0.717) is 17.8 Å². The highest BCUT2D eigenvalue weighted by molar-refractivity contribution is 5.93. The van der Waals surface area contributed by atoms with Crippen LogP contribution < -0.4 is 5.32 Å². The van der Waals surface area contributed by atoms with E-state index in [1.807, 2.05) is 11.6 Å². The lowest BCUT2D eigenvalue weighted by atomic mass is 9.84. The third kappa shape index (κ3) is 3.66. The second-order valence-corrected chi connectivity index (χ2v) is 8.48. The minimum atomic E-state index is 0.112. The lowest BCUT2D eigenvalue weighted by molar-refractivity contribution is 0.0704. The summed E-state index contributed by atoms with van der Waals surface area (Å²) in [6.45, 7) is 4.93. The molecule has 1 aromatic heterocycles. The molecule has 1 amide bonds. The number of nitrogens with zero attached hydrogens (tertiary/aromatic N) is 4. The molecule has 26 heavy (non-hydrogen) atoms. The summed E-state index contributed by atoms with van der Waals surface area (Å²) in [5.41, 5.74) is 1.53. The molecule has 1 N–H and O–H groups in total. The molecule has 0 radical (unpaired) electrons. The fourth-order valence-electron chi connectivity index (χ4n) is 5.23. The Kier molecular flexibility index (Phi) is 5.57. The highest BCUT2D eigenvalue weighted by atomic mass is 16.2. The van der Waals surface area contributed by atoms with Crippen molar-refractivity contribution in [3.05, 3.63) is 11.4 Å². The summed E-state index contributed by atoms with van der Waals surface area (Å²) in [5, 5.41) is 12.1. The van der Waals surface area contributed by atoms with Crippen molar-refractivity contribution < 1.29 is 4.79 Å². The maximum absolute atomic E-state index is 13.2. The van der Waals surface area contributed by atoms with E-state index in [1.54, 1.807) is 0 Å². The SMILES string of the molecule is Cc1c(C(=O)N2CCC[C@@H]2CC2CCCCC2)nnn1C1CCNCC1. The summed E-state index contributed by atoms with van der Waals surface area (Å²) >= 11 is 0. The first kappa shape index (κ1) is 18.0. The molecule has 1 saturated carbocycles. The van der Waals surface area contributed by atoms with Gasteiger partial charge in [0.15, 0.2) is 5.69 Å². The molecule has 0 bridgehead atoms. The molecule has 2 aliphatic heterocycles. The molecule has 0 unspecified atom stereocenters. The van der Waals surface area contributed by atoms with E-state index in [1.165, 1.54) is 38.5 Å². The highest BCUT2D eigenvalue weighted by Gasteiger charge is 2.34. The van der Waals surface area contributed by atoms with E-state index >= 15 is 0 Å². The first-order valence-electron chi connectivity index (χ1n) is 10.7. The third-order valence-corrected chi connectivity index (χ3v) is 6.75. The van der Waals surface area contributed by atoms with Gasteiger partial charge in [-0.1, -0.05) is 37.3 Å². The van der Waals surface area contributed by atoms with Crippen molar-refractivity contribution in [2.45, 2.75) is 83.2 Å². The Morgan fingerprint density at radius 2 is 1.85 bits per heavy atom. The third-order valence-electron chi connectivity index (χ3n) is 6.75. The number of piperidine rings is 1. The monoisotopic (exact) mass is 359 g/mol. The van der Waals surface area contributed by atoms with Gasteiger partial charge < -0.3 is 10.2 Å². The number of hydrogen-bond acceptors (Lipinski definition) is 4. The fourth-order valence-corrected chi connectivity index (χ4v) is 5.23. The summed E-state index contributed by atoms with van der Waals surface area (Å²) in [6.07, 6.45) is 12.4. The largest absolute Gasteiger partial charge is 0.334 e. The first-order valence-corrected chi connectivity index (χ1v) is 10.7. The lowest BCUT2D eigenvalue weighted by Crippen LogP contribution is -2.37. The molecule has 3 aliphatic rings. The number of hydrogen-bond donors (Lipinski definition) is 1. The Morgan fingerprint density at radius 1 is 1.08 bits per heavy atom. The van der Waals surface area contributed by atoms with Gasteiger partial charge in [0.25, 0.3) is 5.91 Å². The van der Waals surface area contributed by atoms with Gasteiger partial charge in [-0.3, -0.25) is 4.79 Å². The van der Waals surface area contributed by atoms with Gasteiger partial charge in [0.2, 0.25) is 0 Å². The quantitative estimate of drug-likeness (QED) is 0.897. The van der Waals surface area contributed by atoms with Gasteiger partial charge >= 0.3 is 0 Å². The van der Waals surface area contributed by atoms with Crippen LogP contribution in [-0.4, -0.2) is 51.5 Å². The molecule has 1 atom stereocenters. The van der Waals surface area contributed by atoms with Crippen molar-refractivity contribution in [3.63, 3.8) is 0 Å². The smallest absolute Gasteiger partial charge is 0.276 e. The predicted molar refractivity (Wildman–Crippen MR) is 101 cm³/mol. The zero-order chi connectivity index (χ0) is 17.9. The molecular weight excluding hydrogens is 326 g/mol. The zero-order valence-corrected chi connectivity index (χ0v) is 16.1. The van der Waals surface area contributed by atoms with Gasteiger partial charge in [0.1, 0.15) is 0 Å². The first-order chi connectivity index (χ1) is 12.7. The van der Waals surface area contributed by atoms with Crippen molar-refractivity contribution in [2.24, 2.45) is 5.92 Å². The van der Waals surface area contributed by atoms with Gasteiger partial charge in [-0.2, -0.15) is 0 Å². The number of nitrogens with one attached hydrogen (secondary N) is 1.